The van der Waals surface area contributed by atoms with Crippen molar-refractivity contribution in [3.05, 3.63) is 90.0 Å². The van der Waals surface area contributed by atoms with Gasteiger partial charge in [0.1, 0.15) is 0 Å². The summed E-state index contributed by atoms with van der Waals surface area (Å²) in [7, 11) is -7.17. The number of nitrogens with one attached hydrogen (secondary N) is 1. The Kier molecular flexibility index (Phi) is 7.16. The van der Waals surface area contributed by atoms with E-state index in [1.807, 2.05) is 0 Å². The van der Waals surface area contributed by atoms with E-state index >= 15 is 0 Å². The van der Waals surface area contributed by atoms with Crippen LogP contribution in [0.15, 0.2) is 88.7 Å². The van der Waals surface area contributed by atoms with Crippen LogP contribution in [0.1, 0.15) is 35.2 Å². The largest absolute Gasteiger partial charge is 0.322 e. The summed E-state index contributed by atoms with van der Waals surface area (Å²) in [5.41, 5.74) is 1.12. The van der Waals surface area contributed by atoms with Gasteiger partial charge in [-0.05, 0) is 60.9 Å². The first-order valence-electron chi connectivity index (χ1n) is 11.0. The molecule has 0 aliphatic carbocycles. The zero-order valence-corrected chi connectivity index (χ0v) is 20.2. The number of benzene rings is 3. The number of carbonyl (C=O) groups excluding carboxylic acids is 1. The third-order valence-corrected chi connectivity index (χ3v) is 9.29. The summed E-state index contributed by atoms with van der Waals surface area (Å²) in [6, 6.07) is 20.7. The minimum atomic E-state index is -3.62. The molecule has 0 atom stereocenters. The summed E-state index contributed by atoms with van der Waals surface area (Å²) >= 11 is 0. The summed E-state index contributed by atoms with van der Waals surface area (Å²) in [6.45, 7) is 0.995. The molecule has 1 aliphatic heterocycles. The zero-order valence-electron chi connectivity index (χ0n) is 18.6. The smallest absolute Gasteiger partial charge is 0.255 e. The lowest BCUT2D eigenvalue weighted by Crippen LogP contribution is -2.35. The van der Waals surface area contributed by atoms with Gasteiger partial charge < -0.3 is 5.32 Å². The summed E-state index contributed by atoms with van der Waals surface area (Å²) in [6.07, 6.45) is 2.70. The number of hydrogen-bond donors (Lipinski definition) is 1. The Bertz CT molecular complexity index is 1380. The molecule has 1 fully saturated rings. The highest BCUT2D eigenvalue weighted by atomic mass is 32.2. The third-order valence-electron chi connectivity index (χ3n) is 5.69. The van der Waals surface area contributed by atoms with Crippen molar-refractivity contribution in [2.75, 3.05) is 18.4 Å². The third kappa shape index (κ3) is 5.55. The van der Waals surface area contributed by atoms with Crippen LogP contribution >= 0.6 is 0 Å². The lowest BCUT2D eigenvalue weighted by molar-refractivity contribution is 0.102. The summed E-state index contributed by atoms with van der Waals surface area (Å²) in [5, 5.41) is 2.72. The van der Waals surface area contributed by atoms with Gasteiger partial charge in [0.2, 0.25) is 10.0 Å². The van der Waals surface area contributed by atoms with Crippen LogP contribution in [0.2, 0.25) is 0 Å². The molecule has 3 aromatic rings. The van der Waals surface area contributed by atoms with Gasteiger partial charge in [-0.2, -0.15) is 4.31 Å². The van der Waals surface area contributed by atoms with E-state index in [1.54, 1.807) is 48.5 Å². The molecule has 9 heteroatoms. The van der Waals surface area contributed by atoms with Crippen molar-refractivity contribution < 1.29 is 21.6 Å². The molecule has 34 heavy (non-hydrogen) atoms. The number of rotatable bonds is 7. The molecule has 0 unspecified atom stereocenters. The molecule has 1 heterocycles. The molecule has 4 rings (SSSR count). The van der Waals surface area contributed by atoms with Crippen LogP contribution in [0, 0.1) is 0 Å². The van der Waals surface area contributed by atoms with Gasteiger partial charge in [-0.1, -0.05) is 42.8 Å². The molecule has 0 saturated carbocycles. The molecule has 0 radical (unpaired) electrons. The standard InChI is InChI=1S/C25H26N2O5S2/c28-25(21-10-7-9-20(17-21)19-33(29,30)23-12-3-1-4-13-23)26-22-11-8-14-24(18-22)34(31,32)27-15-5-2-6-16-27/h1,3-4,7-14,17-18H,2,5-6,15-16,19H2,(H,26,28). The molecule has 1 N–H and O–H groups in total. The minimum Gasteiger partial charge on any atom is -0.322 e. The Hall–Kier alpha value is -3.01. The molecule has 0 aromatic heterocycles. The van der Waals surface area contributed by atoms with Crippen molar-refractivity contribution in [3.8, 4) is 0 Å². The van der Waals surface area contributed by atoms with E-state index in [1.165, 1.54) is 34.6 Å². The number of amides is 1. The molecule has 178 valence electrons. The predicted molar refractivity (Wildman–Crippen MR) is 131 cm³/mol. The topological polar surface area (TPSA) is 101 Å². The first-order chi connectivity index (χ1) is 16.3. The van der Waals surface area contributed by atoms with Crippen LogP contribution in [-0.4, -0.2) is 40.1 Å². The monoisotopic (exact) mass is 498 g/mol. The lowest BCUT2D eigenvalue weighted by atomic mass is 10.1. The maximum atomic E-state index is 12.9. The second kappa shape index (κ2) is 10.1. The van der Waals surface area contributed by atoms with Crippen molar-refractivity contribution >= 4 is 31.5 Å². The van der Waals surface area contributed by atoms with E-state index in [0.717, 1.165) is 19.3 Å². The van der Waals surface area contributed by atoms with E-state index in [9.17, 15) is 21.6 Å². The summed E-state index contributed by atoms with van der Waals surface area (Å²) < 4.78 is 52.7. The first kappa shape index (κ1) is 24.1. The normalized spacial score (nSPS) is 15.1. The molecule has 0 bridgehead atoms. The van der Waals surface area contributed by atoms with Gasteiger partial charge >= 0.3 is 0 Å². The molecular formula is C25H26N2O5S2. The van der Waals surface area contributed by atoms with Gasteiger partial charge in [-0.3, -0.25) is 4.79 Å². The number of nitrogens with zero attached hydrogens (tertiary/aromatic N) is 1. The lowest BCUT2D eigenvalue weighted by Gasteiger charge is -2.26. The number of carbonyl (C=O) groups is 1. The quantitative estimate of drug-likeness (QED) is 0.529. The molecule has 1 saturated heterocycles. The number of sulfonamides is 1. The van der Waals surface area contributed by atoms with Crippen molar-refractivity contribution in [2.24, 2.45) is 0 Å². The maximum Gasteiger partial charge on any atom is 0.255 e. The van der Waals surface area contributed by atoms with Gasteiger partial charge in [-0.25, -0.2) is 16.8 Å². The fourth-order valence-electron chi connectivity index (χ4n) is 3.92. The first-order valence-corrected chi connectivity index (χ1v) is 14.1. The highest BCUT2D eigenvalue weighted by molar-refractivity contribution is 7.90. The molecular weight excluding hydrogens is 472 g/mol. The van der Waals surface area contributed by atoms with E-state index in [-0.39, 0.29) is 21.1 Å². The SMILES string of the molecule is O=C(Nc1cccc(S(=O)(=O)N2CCCCC2)c1)c1cccc(CS(=O)(=O)c2ccccc2)c1. The van der Waals surface area contributed by atoms with Gasteiger partial charge in [-0.15, -0.1) is 0 Å². The molecule has 0 spiro atoms. The Morgan fingerprint density at radius 2 is 1.44 bits per heavy atom. The average Bonchev–Trinajstić information content (AvgIpc) is 2.85. The van der Waals surface area contributed by atoms with Crippen LogP contribution in [0.4, 0.5) is 5.69 Å². The van der Waals surface area contributed by atoms with Crippen LogP contribution in [-0.2, 0) is 25.6 Å². The molecule has 1 aliphatic rings. The van der Waals surface area contributed by atoms with Crippen molar-refractivity contribution in [2.45, 2.75) is 34.8 Å². The van der Waals surface area contributed by atoms with Crippen LogP contribution in [0.25, 0.3) is 0 Å². The van der Waals surface area contributed by atoms with Crippen molar-refractivity contribution in [1.82, 2.24) is 4.31 Å². The van der Waals surface area contributed by atoms with Crippen molar-refractivity contribution in [1.29, 1.82) is 0 Å². The molecule has 1 amide bonds. The second-order valence-corrected chi connectivity index (χ2v) is 12.1. The predicted octanol–water partition coefficient (Wildman–Crippen LogP) is 4.09. The highest BCUT2D eigenvalue weighted by Crippen LogP contribution is 2.23. The zero-order chi connectivity index (χ0) is 24.2. The second-order valence-electron chi connectivity index (χ2n) is 8.22. The summed E-state index contributed by atoms with van der Waals surface area (Å²) in [5.74, 6) is -0.687. The highest BCUT2D eigenvalue weighted by Gasteiger charge is 2.26. The Balaban J connectivity index is 1.50. The van der Waals surface area contributed by atoms with E-state index in [4.69, 9.17) is 0 Å². The Morgan fingerprint density at radius 3 is 2.18 bits per heavy atom. The van der Waals surface area contributed by atoms with Gasteiger partial charge in [0.15, 0.2) is 9.84 Å². The van der Waals surface area contributed by atoms with Gasteiger partial charge in [0.25, 0.3) is 5.91 Å². The minimum absolute atomic E-state index is 0.134. The number of hydrogen-bond acceptors (Lipinski definition) is 5. The van der Waals surface area contributed by atoms with E-state index in [2.05, 4.69) is 5.32 Å². The average molecular weight is 499 g/mol. The number of anilines is 1. The number of piperidine rings is 1. The summed E-state index contributed by atoms with van der Waals surface area (Å²) in [4.78, 5) is 13.2. The van der Waals surface area contributed by atoms with Crippen LogP contribution in [0.5, 0.6) is 0 Å². The fraction of sp³-hybridized carbons (Fsp3) is 0.240. The molecule has 7 nitrogen and oxygen atoms in total. The Labute approximate surface area is 200 Å². The fourth-order valence-corrected chi connectivity index (χ4v) is 6.85. The maximum absolute atomic E-state index is 12.9. The van der Waals surface area contributed by atoms with E-state index in [0.29, 0.717) is 24.3 Å². The molecule has 3 aromatic carbocycles. The van der Waals surface area contributed by atoms with Crippen molar-refractivity contribution in [3.63, 3.8) is 0 Å². The van der Waals surface area contributed by atoms with Crippen LogP contribution < -0.4 is 5.32 Å². The van der Waals surface area contributed by atoms with Gasteiger partial charge in [0.05, 0.1) is 15.5 Å². The van der Waals surface area contributed by atoms with E-state index < -0.39 is 25.8 Å². The Morgan fingerprint density at radius 1 is 0.765 bits per heavy atom. The van der Waals surface area contributed by atoms with Crippen LogP contribution in [0.3, 0.4) is 0 Å². The van der Waals surface area contributed by atoms with Gasteiger partial charge in [0, 0.05) is 24.3 Å². The number of sulfone groups is 1.